The summed E-state index contributed by atoms with van der Waals surface area (Å²) in [6.07, 6.45) is 0. The lowest BCUT2D eigenvalue weighted by Gasteiger charge is -2.20. The van der Waals surface area contributed by atoms with Crippen LogP contribution in [0.4, 0.5) is 21.7 Å². The summed E-state index contributed by atoms with van der Waals surface area (Å²) in [5.41, 5.74) is 3.97. The van der Waals surface area contributed by atoms with Crippen molar-refractivity contribution >= 4 is 23.2 Å². The normalized spacial score (nSPS) is 10.9. The summed E-state index contributed by atoms with van der Waals surface area (Å²) in [5.74, 6) is -0.828. The maximum absolute atomic E-state index is 14.5. The molecule has 8 heteroatoms. The third-order valence-corrected chi connectivity index (χ3v) is 3.83. The van der Waals surface area contributed by atoms with E-state index >= 15 is 0 Å². The van der Waals surface area contributed by atoms with Gasteiger partial charge in [-0.1, -0.05) is 26.8 Å². The van der Waals surface area contributed by atoms with Gasteiger partial charge in [-0.2, -0.15) is 5.26 Å². The molecule has 0 fully saturated rings. The number of carbonyl (C=O) groups excluding carboxylic acids is 1. The van der Waals surface area contributed by atoms with E-state index in [1.54, 1.807) is 18.2 Å². The fourth-order valence-electron chi connectivity index (χ4n) is 2.32. The first kappa shape index (κ1) is 21.1. The van der Waals surface area contributed by atoms with E-state index in [1.165, 1.54) is 7.11 Å². The molecule has 148 valence electrons. The van der Waals surface area contributed by atoms with Crippen LogP contribution in [-0.4, -0.2) is 24.5 Å². The molecule has 2 aromatic rings. The Bertz CT molecular complexity index is 916. The highest BCUT2D eigenvalue weighted by Gasteiger charge is 2.16. The molecule has 0 aliphatic heterocycles. The van der Waals surface area contributed by atoms with Crippen molar-refractivity contribution in [1.29, 1.82) is 5.26 Å². The van der Waals surface area contributed by atoms with E-state index in [2.05, 4.69) is 25.9 Å². The summed E-state index contributed by atoms with van der Waals surface area (Å²) in [4.78, 5) is 20.8. The molecule has 3 N–H and O–H groups in total. The van der Waals surface area contributed by atoms with Gasteiger partial charge in [0.2, 0.25) is 0 Å². The second-order valence-electron chi connectivity index (χ2n) is 7.53. The van der Waals surface area contributed by atoms with Gasteiger partial charge in [-0.25, -0.2) is 14.9 Å². The number of nitriles is 1. The minimum Gasteiger partial charge on any atom is -0.368 e. The Morgan fingerprint density at radius 1 is 1.29 bits per heavy atom. The highest BCUT2D eigenvalue weighted by Crippen LogP contribution is 2.26. The van der Waals surface area contributed by atoms with E-state index in [-0.39, 0.29) is 16.8 Å². The summed E-state index contributed by atoms with van der Waals surface area (Å²) in [6.45, 7) is 8.49. The first-order valence-corrected chi connectivity index (χ1v) is 8.70. The Balaban J connectivity index is 2.37. The molecule has 0 aliphatic carbocycles. The zero-order chi connectivity index (χ0) is 20.9. The molecule has 1 heterocycles. The molecule has 0 atom stereocenters. The number of nitrogens with zero attached hydrogens (tertiary/aromatic N) is 2. The van der Waals surface area contributed by atoms with E-state index < -0.39 is 11.7 Å². The summed E-state index contributed by atoms with van der Waals surface area (Å²) in [7, 11) is 1.34. The molecule has 2 rings (SSSR count). The van der Waals surface area contributed by atoms with Crippen molar-refractivity contribution in [1.82, 2.24) is 10.5 Å². The van der Waals surface area contributed by atoms with Gasteiger partial charge >= 0.3 is 0 Å². The number of rotatable bonds is 6. The summed E-state index contributed by atoms with van der Waals surface area (Å²) in [5, 5.41) is 15.3. The van der Waals surface area contributed by atoms with Gasteiger partial charge in [0.15, 0.2) is 11.6 Å². The number of anilines is 3. The van der Waals surface area contributed by atoms with E-state index in [4.69, 9.17) is 0 Å². The molecule has 1 aromatic heterocycles. The summed E-state index contributed by atoms with van der Waals surface area (Å²) in [6, 6.07) is 8.03. The highest BCUT2D eigenvalue weighted by molar-refractivity contribution is 5.94. The number of benzene rings is 1. The molecule has 0 spiro atoms. The maximum atomic E-state index is 14.5. The predicted octanol–water partition coefficient (Wildman–Crippen LogP) is 3.89. The fourth-order valence-corrected chi connectivity index (χ4v) is 2.32. The van der Waals surface area contributed by atoms with E-state index in [0.29, 0.717) is 23.6 Å². The SMILES string of the molecule is CONC(=O)c1ccc(C)c(Nc2nc(NCC(C)(C)C)c(C#N)cc2F)c1. The lowest BCUT2D eigenvalue weighted by atomic mass is 9.97. The molecular weight excluding hydrogens is 361 g/mol. The Morgan fingerprint density at radius 2 is 2.00 bits per heavy atom. The molecule has 1 aromatic carbocycles. The monoisotopic (exact) mass is 385 g/mol. The second-order valence-corrected chi connectivity index (χ2v) is 7.53. The van der Waals surface area contributed by atoms with Crippen LogP contribution < -0.4 is 16.1 Å². The first-order chi connectivity index (χ1) is 13.1. The predicted molar refractivity (Wildman–Crippen MR) is 106 cm³/mol. The van der Waals surface area contributed by atoms with E-state index in [1.807, 2.05) is 33.8 Å². The van der Waals surface area contributed by atoms with Crippen molar-refractivity contribution in [2.75, 3.05) is 24.3 Å². The molecule has 0 unspecified atom stereocenters. The van der Waals surface area contributed by atoms with Gasteiger partial charge in [0, 0.05) is 17.8 Å². The van der Waals surface area contributed by atoms with Crippen molar-refractivity contribution in [3.63, 3.8) is 0 Å². The van der Waals surface area contributed by atoms with Gasteiger partial charge < -0.3 is 10.6 Å². The third kappa shape index (κ3) is 5.41. The third-order valence-electron chi connectivity index (χ3n) is 3.83. The molecule has 0 saturated heterocycles. The van der Waals surface area contributed by atoms with Crippen LogP contribution in [0.5, 0.6) is 0 Å². The quantitative estimate of drug-likeness (QED) is 0.653. The maximum Gasteiger partial charge on any atom is 0.274 e. The van der Waals surface area contributed by atoms with Crippen LogP contribution >= 0.6 is 0 Å². The molecule has 7 nitrogen and oxygen atoms in total. The lowest BCUT2D eigenvalue weighted by Crippen LogP contribution is -2.22. The summed E-state index contributed by atoms with van der Waals surface area (Å²) < 4.78 is 14.5. The Kier molecular flexibility index (Phi) is 6.54. The van der Waals surface area contributed by atoms with Gasteiger partial charge in [-0.05, 0) is 36.1 Å². The number of hydrogen-bond donors (Lipinski definition) is 3. The largest absolute Gasteiger partial charge is 0.368 e. The van der Waals surface area contributed by atoms with Gasteiger partial charge in [-0.3, -0.25) is 9.63 Å². The van der Waals surface area contributed by atoms with Crippen molar-refractivity contribution in [3.8, 4) is 6.07 Å². The van der Waals surface area contributed by atoms with Crippen LogP contribution in [0.2, 0.25) is 0 Å². The van der Waals surface area contributed by atoms with Gasteiger partial charge in [0.1, 0.15) is 11.9 Å². The lowest BCUT2D eigenvalue weighted by molar-refractivity contribution is 0.0537. The highest BCUT2D eigenvalue weighted by atomic mass is 19.1. The van der Waals surface area contributed by atoms with Crippen LogP contribution in [0.1, 0.15) is 42.3 Å². The number of pyridine rings is 1. The molecule has 0 aliphatic rings. The van der Waals surface area contributed by atoms with E-state index in [0.717, 1.165) is 11.6 Å². The zero-order valence-electron chi connectivity index (χ0n) is 16.6. The number of hydrogen-bond acceptors (Lipinski definition) is 6. The number of halogens is 1. The topological polar surface area (TPSA) is 99.1 Å². The molecule has 0 bridgehead atoms. The smallest absolute Gasteiger partial charge is 0.274 e. The minimum atomic E-state index is -0.663. The van der Waals surface area contributed by atoms with Crippen LogP contribution in [0, 0.1) is 29.5 Å². The standard InChI is InChI=1S/C20H24FN5O2/c1-12-6-7-13(19(27)26-28-5)9-16(12)24-18-15(21)8-14(10-22)17(25-18)23-11-20(2,3)4/h6-9H,11H2,1-5H3,(H,26,27)(H2,23,24,25). The number of amides is 1. The van der Waals surface area contributed by atoms with Crippen LogP contribution in [0.15, 0.2) is 24.3 Å². The first-order valence-electron chi connectivity index (χ1n) is 8.70. The van der Waals surface area contributed by atoms with Gasteiger partial charge in [-0.15, -0.1) is 0 Å². The molecule has 28 heavy (non-hydrogen) atoms. The van der Waals surface area contributed by atoms with Crippen molar-refractivity contribution in [2.45, 2.75) is 27.7 Å². The molecule has 0 radical (unpaired) electrons. The minimum absolute atomic E-state index is 0.0391. The van der Waals surface area contributed by atoms with E-state index in [9.17, 15) is 14.4 Å². The van der Waals surface area contributed by atoms with Crippen molar-refractivity contribution < 1.29 is 14.0 Å². The van der Waals surface area contributed by atoms with Crippen LogP contribution in [-0.2, 0) is 4.84 Å². The van der Waals surface area contributed by atoms with Gasteiger partial charge in [0.25, 0.3) is 5.91 Å². The summed E-state index contributed by atoms with van der Waals surface area (Å²) >= 11 is 0. The number of aromatic nitrogens is 1. The van der Waals surface area contributed by atoms with Gasteiger partial charge in [0.05, 0.1) is 12.7 Å². The molecular formula is C20H24FN5O2. The Morgan fingerprint density at radius 3 is 2.61 bits per heavy atom. The Hall–Kier alpha value is -3.18. The Labute approximate surface area is 163 Å². The molecule has 1 amide bonds. The van der Waals surface area contributed by atoms with Crippen LogP contribution in [0.25, 0.3) is 0 Å². The number of nitrogens with one attached hydrogen (secondary N) is 3. The van der Waals surface area contributed by atoms with Crippen LogP contribution in [0.3, 0.4) is 0 Å². The molecule has 0 saturated carbocycles. The number of hydroxylamine groups is 1. The zero-order valence-corrected chi connectivity index (χ0v) is 16.6. The average Bonchev–Trinajstić information content (AvgIpc) is 2.63. The number of carbonyl (C=O) groups is 1. The van der Waals surface area contributed by atoms with Crippen molar-refractivity contribution in [2.24, 2.45) is 5.41 Å². The van der Waals surface area contributed by atoms with Crippen molar-refractivity contribution in [3.05, 3.63) is 46.8 Å². The number of aryl methyl sites for hydroxylation is 1. The fraction of sp³-hybridized carbons (Fsp3) is 0.350. The average molecular weight is 385 g/mol. The second kappa shape index (κ2) is 8.67.